The van der Waals surface area contributed by atoms with Gasteiger partial charge in [0.1, 0.15) is 22.5 Å². The molecule has 0 amide bonds. The standard InChI is InChI=1S/C19H18F3N5O2/c1-26-16(14-15(25-26)17(28)27(9-24-14)12-5-6-12)18(29,10-2-3-10)11-4-7-13(23-8-11)19(20,21)22/h4,7-10,12,29H,2-3,5-6H2,1H3/t18-/m0/s1. The average molecular weight is 405 g/mol. The third-order valence-electron chi connectivity index (χ3n) is 5.73. The van der Waals surface area contributed by atoms with Crippen LogP contribution >= 0.6 is 0 Å². The molecule has 2 saturated carbocycles. The lowest BCUT2D eigenvalue weighted by Gasteiger charge is -2.29. The lowest BCUT2D eigenvalue weighted by Crippen LogP contribution is -2.33. The molecule has 0 aliphatic heterocycles. The van der Waals surface area contributed by atoms with E-state index in [1.165, 1.54) is 17.1 Å². The molecule has 0 radical (unpaired) electrons. The van der Waals surface area contributed by atoms with E-state index in [1.807, 2.05) is 0 Å². The third kappa shape index (κ3) is 2.77. The Hall–Kier alpha value is -2.75. The van der Waals surface area contributed by atoms with Crippen LogP contribution in [0.3, 0.4) is 0 Å². The van der Waals surface area contributed by atoms with E-state index in [-0.39, 0.29) is 34.1 Å². The zero-order valence-electron chi connectivity index (χ0n) is 15.5. The van der Waals surface area contributed by atoms with Gasteiger partial charge in [-0.15, -0.1) is 0 Å². The van der Waals surface area contributed by atoms with Gasteiger partial charge in [-0.25, -0.2) is 4.98 Å². The predicted octanol–water partition coefficient (Wildman–Crippen LogP) is 2.52. The Labute approximate surface area is 162 Å². The van der Waals surface area contributed by atoms with Crippen molar-refractivity contribution in [2.75, 3.05) is 0 Å². The Morgan fingerprint density at radius 3 is 2.38 bits per heavy atom. The molecule has 2 fully saturated rings. The predicted molar refractivity (Wildman–Crippen MR) is 96.0 cm³/mol. The van der Waals surface area contributed by atoms with Crippen molar-refractivity contribution in [1.82, 2.24) is 24.3 Å². The van der Waals surface area contributed by atoms with Gasteiger partial charge in [-0.3, -0.25) is 19.0 Å². The second-order valence-corrected chi connectivity index (χ2v) is 7.83. The minimum atomic E-state index is -4.56. The summed E-state index contributed by atoms with van der Waals surface area (Å²) in [6, 6.07) is 2.22. The highest BCUT2D eigenvalue weighted by molar-refractivity contribution is 5.78. The van der Waals surface area contributed by atoms with Crippen molar-refractivity contribution < 1.29 is 18.3 Å². The van der Waals surface area contributed by atoms with Crippen LogP contribution in [0.4, 0.5) is 13.2 Å². The molecule has 0 spiro atoms. The summed E-state index contributed by atoms with van der Waals surface area (Å²) < 4.78 is 41.7. The summed E-state index contributed by atoms with van der Waals surface area (Å²) in [6.07, 6.45) is 1.17. The monoisotopic (exact) mass is 405 g/mol. The molecule has 2 aliphatic rings. The number of hydrogen-bond donors (Lipinski definition) is 1. The molecule has 5 rings (SSSR count). The highest BCUT2D eigenvalue weighted by Crippen LogP contribution is 2.50. The number of nitrogens with zero attached hydrogens (tertiary/aromatic N) is 5. The molecule has 29 heavy (non-hydrogen) atoms. The van der Waals surface area contributed by atoms with Crippen molar-refractivity contribution >= 4 is 11.0 Å². The van der Waals surface area contributed by atoms with Gasteiger partial charge in [0.2, 0.25) is 0 Å². The SMILES string of the molecule is Cn1nc2c(=O)n(C3CC3)cnc2c1[C@@](O)(c1ccc(C(F)(F)F)nc1)C1CC1. The van der Waals surface area contributed by atoms with Crippen LogP contribution in [0.5, 0.6) is 0 Å². The second kappa shape index (κ2) is 5.88. The topological polar surface area (TPSA) is 85.8 Å². The molecule has 0 unspecified atom stereocenters. The van der Waals surface area contributed by atoms with E-state index in [9.17, 15) is 23.1 Å². The fourth-order valence-corrected chi connectivity index (χ4v) is 3.97. The first-order valence-corrected chi connectivity index (χ1v) is 9.41. The van der Waals surface area contributed by atoms with Gasteiger partial charge in [-0.2, -0.15) is 18.3 Å². The number of pyridine rings is 1. The normalized spacial score (nSPS) is 19.5. The van der Waals surface area contributed by atoms with Crippen LogP contribution in [0.25, 0.3) is 11.0 Å². The summed E-state index contributed by atoms with van der Waals surface area (Å²) in [5, 5.41) is 16.0. The molecule has 152 valence electrons. The third-order valence-corrected chi connectivity index (χ3v) is 5.73. The van der Waals surface area contributed by atoms with Crippen LogP contribution < -0.4 is 5.56 Å². The summed E-state index contributed by atoms with van der Waals surface area (Å²) in [7, 11) is 1.60. The molecule has 1 N–H and O–H groups in total. The Morgan fingerprint density at radius 2 is 1.83 bits per heavy atom. The number of aryl methyl sites for hydroxylation is 1. The number of alkyl halides is 3. The maximum absolute atomic E-state index is 12.9. The van der Waals surface area contributed by atoms with Crippen molar-refractivity contribution in [3.8, 4) is 0 Å². The summed E-state index contributed by atoms with van der Waals surface area (Å²) in [4.78, 5) is 20.7. The minimum absolute atomic E-state index is 0.131. The quantitative estimate of drug-likeness (QED) is 0.721. The Kier molecular flexibility index (Phi) is 3.71. The average Bonchev–Trinajstić information content (AvgIpc) is 3.57. The van der Waals surface area contributed by atoms with Gasteiger partial charge in [-0.05, 0) is 37.7 Å². The zero-order valence-corrected chi connectivity index (χ0v) is 15.5. The summed E-state index contributed by atoms with van der Waals surface area (Å²) in [6.45, 7) is 0. The molecular formula is C19H18F3N5O2. The molecular weight excluding hydrogens is 387 g/mol. The lowest BCUT2D eigenvalue weighted by molar-refractivity contribution is -0.141. The largest absolute Gasteiger partial charge is 0.433 e. The van der Waals surface area contributed by atoms with Gasteiger partial charge in [0.25, 0.3) is 5.56 Å². The minimum Gasteiger partial charge on any atom is -0.378 e. The Balaban J connectivity index is 1.69. The molecule has 2 aliphatic carbocycles. The summed E-state index contributed by atoms with van der Waals surface area (Å²) in [5.41, 5.74) is -1.99. The van der Waals surface area contributed by atoms with Crippen LogP contribution in [0.15, 0.2) is 29.5 Å². The summed E-state index contributed by atoms with van der Waals surface area (Å²) >= 11 is 0. The van der Waals surface area contributed by atoms with Gasteiger partial charge in [0.05, 0.1) is 6.33 Å². The fraction of sp³-hybridized carbons (Fsp3) is 0.474. The van der Waals surface area contributed by atoms with Crippen LogP contribution in [0.2, 0.25) is 0 Å². The number of rotatable bonds is 4. The van der Waals surface area contributed by atoms with Crippen LogP contribution in [0, 0.1) is 5.92 Å². The van der Waals surface area contributed by atoms with E-state index in [2.05, 4.69) is 15.1 Å². The van der Waals surface area contributed by atoms with Gasteiger partial charge < -0.3 is 5.11 Å². The lowest BCUT2D eigenvalue weighted by atomic mass is 9.85. The highest BCUT2D eigenvalue weighted by atomic mass is 19.4. The van der Waals surface area contributed by atoms with E-state index in [1.54, 1.807) is 11.6 Å². The molecule has 0 aromatic carbocycles. The Bertz CT molecular complexity index is 1160. The number of halogens is 3. The molecule has 0 bridgehead atoms. The van der Waals surface area contributed by atoms with E-state index < -0.39 is 17.5 Å². The second-order valence-electron chi connectivity index (χ2n) is 7.83. The summed E-state index contributed by atoms with van der Waals surface area (Å²) in [5.74, 6) is -0.215. The van der Waals surface area contributed by atoms with Crippen LogP contribution in [-0.4, -0.2) is 29.4 Å². The van der Waals surface area contributed by atoms with Crippen molar-refractivity contribution in [1.29, 1.82) is 0 Å². The molecule has 0 saturated heterocycles. The van der Waals surface area contributed by atoms with Gasteiger partial charge in [0, 0.05) is 24.8 Å². The van der Waals surface area contributed by atoms with E-state index in [4.69, 9.17) is 0 Å². The van der Waals surface area contributed by atoms with E-state index in [0.29, 0.717) is 18.5 Å². The smallest absolute Gasteiger partial charge is 0.378 e. The molecule has 1 atom stereocenters. The molecule has 10 heteroatoms. The van der Waals surface area contributed by atoms with Crippen molar-refractivity contribution in [3.63, 3.8) is 0 Å². The molecule has 3 aromatic rings. The molecule has 7 nitrogen and oxygen atoms in total. The van der Waals surface area contributed by atoms with E-state index >= 15 is 0 Å². The molecule has 3 aromatic heterocycles. The van der Waals surface area contributed by atoms with Crippen molar-refractivity contribution in [2.45, 2.75) is 43.5 Å². The van der Waals surface area contributed by atoms with Crippen LogP contribution in [0.1, 0.15) is 48.7 Å². The number of fused-ring (bicyclic) bond motifs is 1. The van der Waals surface area contributed by atoms with Gasteiger partial charge in [-0.1, -0.05) is 6.07 Å². The first-order valence-electron chi connectivity index (χ1n) is 9.41. The van der Waals surface area contributed by atoms with E-state index in [0.717, 1.165) is 25.1 Å². The van der Waals surface area contributed by atoms with Crippen LogP contribution in [-0.2, 0) is 18.8 Å². The first kappa shape index (κ1) is 18.3. The zero-order chi connectivity index (χ0) is 20.6. The first-order chi connectivity index (χ1) is 13.7. The fourth-order valence-electron chi connectivity index (χ4n) is 3.97. The maximum Gasteiger partial charge on any atom is 0.433 e. The number of hydrogen-bond acceptors (Lipinski definition) is 5. The van der Waals surface area contributed by atoms with Crippen molar-refractivity contribution in [3.05, 3.63) is 52.0 Å². The maximum atomic E-state index is 12.9. The Morgan fingerprint density at radius 1 is 1.10 bits per heavy atom. The number of aliphatic hydroxyl groups is 1. The van der Waals surface area contributed by atoms with Crippen molar-refractivity contribution in [2.24, 2.45) is 13.0 Å². The molecule has 3 heterocycles. The highest BCUT2D eigenvalue weighted by Gasteiger charge is 2.50. The van der Waals surface area contributed by atoms with Gasteiger partial charge >= 0.3 is 6.18 Å². The number of aromatic nitrogens is 5. The van der Waals surface area contributed by atoms with Gasteiger partial charge in [0.15, 0.2) is 5.52 Å².